The monoisotopic (exact) mass is 552 g/mol. The van der Waals surface area contributed by atoms with Crippen molar-refractivity contribution in [2.75, 3.05) is 0 Å². The van der Waals surface area contributed by atoms with E-state index in [1.54, 1.807) is 10.6 Å². The first-order valence-corrected chi connectivity index (χ1v) is 19.9. The fourth-order valence-electron chi connectivity index (χ4n) is 6.04. The van der Waals surface area contributed by atoms with E-state index in [4.69, 9.17) is 0 Å². The van der Waals surface area contributed by atoms with Gasteiger partial charge in [0.1, 0.15) is 0 Å². The van der Waals surface area contributed by atoms with Crippen molar-refractivity contribution in [3.05, 3.63) is 60.7 Å². The van der Waals surface area contributed by atoms with Gasteiger partial charge in [-0.05, 0) is 0 Å². The summed E-state index contributed by atoms with van der Waals surface area (Å²) < 4.78 is 0. The Bertz CT molecular complexity index is 743. The molecule has 2 rings (SSSR count). The van der Waals surface area contributed by atoms with Crippen molar-refractivity contribution < 1.29 is 17.0 Å². The normalized spacial score (nSPS) is 15.7. The van der Waals surface area contributed by atoms with Crippen LogP contribution in [0.2, 0.25) is 0 Å². The molecule has 0 saturated heterocycles. The molecule has 3 heteroatoms. The molecule has 0 spiro atoms. The van der Waals surface area contributed by atoms with Gasteiger partial charge in [0.2, 0.25) is 0 Å². The summed E-state index contributed by atoms with van der Waals surface area (Å²) in [7, 11) is 0. The Balaban J connectivity index is 3.04. The molecule has 0 aliphatic rings. The second-order valence-corrected chi connectivity index (χ2v) is 33.8. The first kappa shape index (κ1) is 27.2. The molecule has 0 bridgehead atoms. The Morgan fingerprint density at radius 1 is 0.419 bits per heavy atom. The van der Waals surface area contributed by atoms with Gasteiger partial charge in [0, 0.05) is 0 Å². The van der Waals surface area contributed by atoms with Gasteiger partial charge >= 0.3 is 203 Å². The maximum absolute atomic E-state index is 2.55. The first-order chi connectivity index (χ1) is 13.9. The van der Waals surface area contributed by atoms with Gasteiger partial charge < -0.3 is 0 Å². The van der Waals surface area contributed by atoms with E-state index in [1.165, 1.54) is 0 Å². The predicted octanol–water partition coefficient (Wildman–Crippen LogP) is 8.24. The maximum atomic E-state index is 2.55. The SMILES string of the molecule is CC(C)(C)[PH]([Pd][PH](c1ccccc1)(C(C)(C)C)C(C)(C)C)(c1ccccc1)C(C)(C)C. The van der Waals surface area contributed by atoms with E-state index >= 15 is 0 Å². The molecule has 0 nitrogen and oxygen atoms in total. The Labute approximate surface area is 202 Å². The van der Waals surface area contributed by atoms with Crippen LogP contribution in [0.1, 0.15) is 83.1 Å². The van der Waals surface area contributed by atoms with Crippen LogP contribution < -0.4 is 10.6 Å². The van der Waals surface area contributed by atoms with Crippen LogP contribution in [0.15, 0.2) is 60.7 Å². The quantitative estimate of drug-likeness (QED) is 0.265. The molecule has 0 unspecified atom stereocenters. The van der Waals surface area contributed by atoms with Crippen LogP contribution in [0.4, 0.5) is 0 Å². The molecule has 0 aliphatic carbocycles. The fourth-order valence-corrected chi connectivity index (χ4v) is 55.7. The van der Waals surface area contributed by atoms with Crippen LogP contribution in [-0.4, -0.2) is 20.6 Å². The molecule has 0 amide bonds. The Morgan fingerprint density at radius 3 is 0.839 bits per heavy atom. The van der Waals surface area contributed by atoms with Crippen molar-refractivity contribution in [2.24, 2.45) is 0 Å². The molecule has 0 radical (unpaired) electrons. The molecule has 0 N–H and O–H groups in total. The zero-order chi connectivity index (χ0) is 23.9. The minimum atomic E-state index is -2.00. The second kappa shape index (κ2) is 8.96. The first-order valence-electron chi connectivity index (χ1n) is 11.6. The fraction of sp³-hybridized carbons (Fsp3) is 0.571. The van der Waals surface area contributed by atoms with Crippen molar-refractivity contribution in [3.63, 3.8) is 0 Å². The van der Waals surface area contributed by atoms with Gasteiger partial charge in [-0.25, -0.2) is 0 Å². The molecule has 31 heavy (non-hydrogen) atoms. The van der Waals surface area contributed by atoms with E-state index < -0.39 is 10.9 Å². The third kappa shape index (κ3) is 4.79. The van der Waals surface area contributed by atoms with Crippen LogP contribution in [0.5, 0.6) is 0 Å². The molecular weight excluding hydrogens is 505 g/mol. The molecule has 2 aromatic rings. The predicted molar refractivity (Wildman–Crippen MR) is 148 cm³/mol. The molecule has 0 aliphatic heterocycles. The molecule has 0 saturated carbocycles. The summed E-state index contributed by atoms with van der Waals surface area (Å²) >= 11 is 0.693. The zero-order valence-corrected chi connectivity index (χ0v) is 25.6. The van der Waals surface area contributed by atoms with Gasteiger partial charge in [-0.3, -0.25) is 0 Å². The van der Waals surface area contributed by atoms with E-state index in [2.05, 4.69) is 144 Å². The number of hydrogen-bond acceptors (Lipinski definition) is 0. The van der Waals surface area contributed by atoms with Crippen molar-refractivity contribution in [2.45, 2.75) is 104 Å². The summed E-state index contributed by atoms with van der Waals surface area (Å²) in [5.41, 5.74) is -4.00. The molecule has 0 heterocycles. The standard InChI is InChI=1S/2C14H23P.Pd/c2*1-13(2,3)15(14(4,5)6)12-10-8-7-9-11-12;/h2*7-11H,1-6H3;/q;;-2/p+2. The van der Waals surface area contributed by atoms with Crippen molar-refractivity contribution in [1.29, 1.82) is 0 Å². The van der Waals surface area contributed by atoms with Crippen LogP contribution in [-0.2, 0) is 17.0 Å². The zero-order valence-electron chi connectivity index (χ0n) is 22.1. The van der Waals surface area contributed by atoms with Gasteiger partial charge in [0.25, 0.3) is 0 Å². The Hall–Kier alpha value is -0.0377. The average molecular weight is 553 g/mol. The Kier molecular flexibility index (Phi) is 7.86. The van der Waals surface area contributed by atoms with E-state index in [0.29, 0.717) is 17.0 Å². The third-order valence-corrected chi connectivity index (χ3v) is 45.7. The number of benzene rings is 2. The van der Waals surface area contributed by atoms with E-state index in [-0.39, 0.29) is 20.6 Å². The number of rotatable bonds is 4. The minimum absolute atomic E-state index is 0.268. The summed E-state index contributed by atoms with van der Waals surface area (Å²) in [6.07, 6.45) is 0. The molecule has 0 fully saturated rings. The summed E-state index contributed by atoms with van der Waals surface area (Å²) in [5, 5.41) is 4.39. The third-order valence-electron chi connectivity index (χ3n) is 6.49. The van der Waals surface area contributed by atoms with Crippen molar-refractivity contribution in [1.82, 2.24) is 0 Å². The molecule has 0 aromatic heterocycles. The number of hydrogen-bond donors (Lipinski definition) is 0. The average Bonchev–Trinajstić information content (AvgIpc) is 2.59. The molecule has 180 valence electrons. The van der Waals surface area contributed by atoms with Gasteiger partial charge in [0.15, 0.2) is 0 Å². The molecule has 2 aromatic carbocycles. The van der Waals surface area contributed by atoms with Crippen LogP contribution in [0, 0.1) is 0 Å². The van der Waals surface area contributed by atoms with Gasteiger partial charge in [0.05, 0.1) is 0 Å². The van der Waals surface area contributed by atoms with E-state index in [0.717, 1.165) is 0 Å². The van der Waals surface area contributed by atoms with E-state index in [9.17, 15) is 0 Å². The van der Waals surface area contributed by atoms with Gasteiger partial charge in [-0.2, -0.15) is 0 Å². The second-order valence-electron chi connectivity index (χ2n) is 13.0. The van der Waals surface area contributed by atoms with Crippen molar-refractivity contribution in [3.8, 4) is 0 Å². The summed E-state index contributed by atoms with van der Waals surface area (Å²) in [6, 6.07) is 23.4. The van der Waals surface area contributed by atoms with E-state index in [1.807, 2.05) is 0 Å². The van der Waals surface area contributed by atoms with Crippen LogP contribution >= 0.6 is 10.9 Å². The topological polar surface area (TPSA) is 0 Å². The van der Waals surface area contributed by atoms with Crippen LogP contribution in [0.3, 0.4) is 0 Å². The van der Waals surface area contributed by atoms with Crippen LogP contribution in [0.25, 0.3) is 0 Å². The summed E-state index contributed by atoms with van der Waals surface area (Å²) in [6.45, 7) is 30.6. The van der Waals surface area contributed by atoms with Gasteiger partial charge in [-0.1, -0.05) is 0 Å². The van der Waals surface area contributed by atoms with Gasteiger partial charge in [-0.15, -0.1) is 0 Å². The van der Waals surface area contributed by atoms with Crippen molar-refractivity contribution >= 4 is 21.5 Å². The molecule has 0 atom stereocenters. The molecular formula is C28H48P2Pd. The summed E-state index contributed by atoms with van der Waals surface area (Å²) in [5.74, 6) is 0. The Morgan fingerprint density at radius 2 is 0.645 bits per heavy atom. The summed E-state index contributed by atoms with van der Waals surface area (Å²) in [4.78, 5) is 0.